The third-order valence-corrected chi connectivity index (χ3v) is 5.69. The van der Waals surface area contributed by atoms with Crippen molar-refractivity contribution in [2.75, 3.05) is 5.32 Å². The Morgan fingerprint density at radius 3 is 2.88 bits per heavy atom. The number of nitrogens with zero attached hydrogens (tertiary/aromatic N) is 1. The van der Waals surface area contributed by atoms with Crippen molar-refractivity contribution in [3.05, 3.63) is 79.0 Å². The highest BCUT2D eigenvalue weighted by Gasteiger charge is 2.39. The lowest BCUT2D eigenvalue weighted by molar-refractivity contribution is -0.384. The van der Waals surface area contributed by atoms with Crippen LogP contribution in [0.1, 0.15) is 29.5 Å². The van der Waals surface area contributed by atoms with Crippen LogP contribution in [-0.4, -0.2) is 4.92 Å². The van der Waals surface area contributed by atoms with Crippen molar-refractivity contribution in [1.29, 1.82) is 0 Å². The Kier molecular flexibility index (Phi) is 4.04. The second-order valence-electron chi connectivity index (χ2n) is 6.30. The molecule has 1 aliphatic heterocycles. The molecule has 1 heterocycles. The molecular weight excluding hydrogens is 411 g/mol. The second-order valence-corrected chi connectivity index (χ2v) is 7.62. The van der Waals surface area contributed by atoms with E-state index in [1.807, 2.05) is 6.07 Å². The normalized spacial score (nSPS) is 23.7. The Morgan fingerprint density at radius 2 is 2.12 bits per heavy atom. The molecule has 3 atom stereocenters. The molecule has 0 saturated carbocycles. The number of nitrogens with one attached hydrogen (secondary N) is 1. The van der Waals surface area contributed by atoms with Gasteiger partial charge in [0, 0.05) is 16.5 Å². The monoisotopic (exact) mass is 422 g/mol. The van der Waals surface area contributed by atoms with Gasteiger partial charge in [-0.3, -0.25) is 10.1 Å². The highest BCUT2D eigenvalue weighted by molar-refractivity contribution is 9.10. The average molecular weight is 424 g/mol. The number of anilines is 1. The fourth-order valence-corrected chi connectivity index (χ4v) is 4.45. The molecule has 2 aromatic carbocycles. The first-order valence-corrected chi connectivity index (χ1v) is 8.99. The average Bonchev–Trinajstić information content (AvgIpc) is 3.04. The van der Waals surface area contributed by atoms with E-state index < -0.39 is 4.92 Å². The van der Waals surface area contributed by atoms with Crippen molar-refractivity contribution >= 4 is 38.9 Å². The van der Waals surface area contributed by atoms with E-state index in [1.54, 1.807) is 6.07 Å². The largest absolute Gasteiger partial charge is 0.375 e. The zero-order valence-electron chi connectivity index (χ0n) is 12.9. The topological polar surface area (TPSA) is 55.2 Å². The maximum Gasteiger partial charge on any atom is 0.288 e. The highest BCUT2D eigenvalue weighted by atomic mass is 79.9. The Balaban J connectivity index is 1.82. The van der Waals surface area contributed by atoms with Gasteiger partial charge in [0.05, 0.1) is 16.7 Å². The summed E-state index contributed by atoms with van der Waals surface area (Å²) in [7, 11) is 0. The molecule has 0 fully saturated rings. The predicted molar refractivity (Wildman–Crippen MR) is 98.6 cm³/mol. The summed E-state index contributed by atoms with van der Waals surface area (Å²) in [4.78, 5) is 10.7. The number of allylic oxidation sites excluding steroid dienone is 2. The minimum absolute atomic E-state index is 0.0722. The maximum atomic E-state index is 14.5. The Morgan fingerprint density at radius 1 is 1.32 bits per heavy atom. The summed E-state index contributed by atoms with van der Waals surface area (Å²) in [6.07, 6.45) is 5.00. The first-order valence-electron chi connectivity index (χ1n) is 7.81. The summed E-state index contributed by atoms with van der Waals surface area (Å²) < 4.78 is 15.2. The third kappa shape index (κ3) is 2.73. The number of rotatable bonds is 2. The molecule has 0 bridgehead atoms. The molecule has 0 aromatic heterocycles. The van der Waals surface area contributed by atoms with E-state index in [9.17, 15) is 14.5 Å². The molecule has 0 spiro atoms. The number of fused-ring (bicyclic) bond motifs is 3. The fourth-order valence-electron chi connectivity index (χ4n) is 3.81. The number of benzene rings is 2. The van der Waals surface area contributed by atoms with Gasteiger partial charge in [0.2, 0.25) is 0 Å². The lowest BCUT2D eigenvalue weighted by Gasteiger charge is -2.37. The summed E-state index contributed by atoms with van der Waals surface area (Å²) in [6, 6.07) is 7.91. The third-order valence-electron chi connectivity index (χ3n) is 4.91. The van der Waals surface area contributed by atoms with Crippen molar-refractivity contribution in [3.8, 4) is 0 Å². The van der Waals surface area contributed by atoms with Crippen molar-refractivity contribution in [2.45, 2.75) is 18.4 Å². The molecule has 4 nitrogen and oxygen atoms in total. The van der Waals surface area contributed by atoms with Gasteiger partial charge in [-0.2, -0.15) is 0 Å². The first-order chi connectivity index (χ1) is 12.0. The predicted octanol–water partition coefficient (Wildman–Crippen LogP) is 5.98. The molecule has 2 aromatic rings. The van der Waals surface area contributed by atoms with Gasteiger partial charge in [-0.05, 0) is 41.7 Å². The summed E-state index contributed by atoms with van der Waals surface area (Å²) in [5, 5.41) is 14.6. The molecule has 0 radical (unpaired) electrons. The molecule has 1 aliphatic carbocycles. The second kappa shape index (κ2) is 6.11. The molecule has 0 unspecified atom stereocenters. The minimum Gasteiger partial charge on any atom is -0.375 e. The molecule has 2 aliphatic rings. The standard InChI is InChI=1S/C18H13BrClFN2O2/c19-10-7-13-11-2-1-3-12(11)17(22-18(13)15(21)8-10)9-4-5-14(20)16(6-9)23(24)25/h1-2,4-8,11-12,17,22H,3H2/t11-,12-,17-/m0/s1. The Bertz CT molecular complexity index is 918. The summed E-state index contributed by atoms with van der Waals surface area (Å²) in [6.45, 7) is 0. The van der Waals surface area contributed by atoms with Crippen LogP contribution < -0.4 is 5.32 Å². The Hall–Kier alpha value is -1.92. The van der Waals surface area contributed by atoms with Gasteiger partial charge < -0.3 is 5.32 Å². The molecule has 7 heteroatoms. The van der Waals surface area contributed by atoms with Crippen LogP contribution in [0.5, 0.6) is 0 Å². The number of halogens is 3. The van der Waals surface area contributed by atoms with Gasteiger partial charge in [0.15, 0.2) is 0 Å². The zero-order valence-corrected chi connectivity index (χ0v) is 15.2. The molecule has 1 N–H and O–H groups in total. The Labute approximate surface area is 157 Å². The molecule has 25 heavy (non-hydrogen) atoms. The van der Waals surface area contributed by atoms with Crippen LogP contribution in [0.3, 0.4) is 0 Å². The molecule has 0 amide bonds. The van der Waals surface area contributed by atoms with E-state index in [1.165, 1.54) is 18.2 Å². The van der Waals surface area contributed by atoms with Crippen LogP contribution >= 0.6 is 27.5 Å². The maximum absolute atomic E-state index is 14.5. The highest BCUT2D eigenvalue weighted by Crippen LogP contribution is 2.51. The van der Waals surface area contributed by atoms with Gasteiger partial charge in [-0.15, -0.1) is 0 Å². The number of hydrogen-bond acceptors (Lipinski definition) is 3. The smallest absolute Gasteiger partial charge is 0.288 e. The number of hydrogen-bond donors (Lipinski definition) is 1. The summed E-state index contributed by atoms with van der Waals surface area (Å²) in [5.74, 6) is -0.0958. The lowest BCUT2D eigenvalue weighted by atomic mass is 9.77. The molecule has 0 saturated heterocycles. The van der Waals surface area contributed by atoms with E-state index in [0.29, 0.717) is 10.2 Å². The number of nitro groups is 1. The fraction of sp³-hybridized carbons (Fsp3) is 0.222. The van der Waals surface area contributed by atoms with E-state index in [-0.39, 0.29) is 34.4 Å². The van der Waals surface area contributed by atoms with Gasteiger partial charge in [-0.25, -0.2) is 4.39 Å². The molecule has 128 valence electrons. The SMILES string of the molecule is O=[N+]([O-])c1cc([C@@H]2Nc3c(F)cc(Br)cc3[C@H]3C=CC[C@@H]32)ccc1Cl. The van der Waals surface area contributed by atoms with Gasteiger partial charge in [0.25, 0.3) is 5.69 Å². The summed E-state index contributed by atoms with van der Waals surface area (Å²) in [5.41, 5.74) is 1.97. The van der Waals surface area contributed by atoms with E-state index >= 15 is 0 Å². The van der Waals surface area contributed by atoms with Crippen molar-refractivity contribution in [2.24, 2.45) is 5.92 Å². The van der Waals surface area contributed by atoms with E-state index in [4.69, 9.17) is 11.6 Å². The van der Waals surface area contributed by atoms with Crippen LogP contribution in [0.15, 0.2) is 47.0 Å². The van der Waals surface area contributed by atoms with Crippen molar-refractivity contribution in [3.63, 3.8) is 0 Å². The van der Waals surface area contributed by atoms with E-state index in [0.717, 1.165) is 17.5 Å². The van der Waals surface area contributed by atoms with Crippen LogP contribution in [-0.2, 0) is 0 Å². The quantitative estimate of drug-likeness (QED) is 0.367. The molecular formula is C18H13BrClFN2O2. The molecule has 4 rings (SSSR count). The van der Waals surface area contributed by atoms with Crippen molar-refractivity contribution < 1.29 is 9.31 Å². The van der Waals surface area contributed by atoms with Crippen LogP contribution in [0.2, 0.25) is 5.02 Å². The van der Waals surface area contributed by atoms with Gasteiger partial charge in [0.1, 0.15) is 10.8 Å². The zero-order chi connectivity index (χ0) is 17.7. The number of nitro benzene ring substituents is 1. The van der Waals surface area contributed by atoms with Crippen molar-refractivity contribution in [1.82, 2.24) is 0 Å². The van der Waals surface area contributed by atoms with Gasteiger partial charge in [-0.1, -0.05) is 45.7 Å². The van der Waals surface area contributed by atoms with Crippen LogP contribution in [0.4, 0.5) is 15.8 Å². The summed E-state index contributed by atoms with van der Waals surface area (Å²) >= 11 is 9.28. The first kappa shape index (κ1) is 16.5. The van der Waals surface area contributed by atoms with Gasteiger partial charge >= 0.3 is 0 Å². The van der Waals surface area contributed by atoms with E-state index in [2.05, 4.69) is 33.4 Å². The minimum atomic E-state index is -0.495. The van der Waals surface area contributed by atoms with Crippen LogP contribution in [0.25, 0.3) is 0 Å². The van der Waals surface area contributed by atoms with Crippen LogP contribution in [0, 0.1) is 21.8 Å². The lowest BCUT2D eigenvalue weighted by Crippen LogP contribution is -2.29.